The van der Waals surface area contributed by atoms with E-state index >= 15 is 0 Å². The molecule has 10 nitrogen and oxygen atoms in total. The number of nitrogens with one attached hydrogen (secondary N) is 1. The highest BCUT2D eigenvalue weighted by atomic mass is 16.5. The van der Waals surface area contributed by atoms with E-state index in [9.17, 15) is 24.0 Å². The zero-order valence-corrected chi connectivity index (χ0v) is 18.5. The Kier molecular flexibility index (Phi) is 7.52. The standard InChI is InChI=1S/C24H22N2O8/c1-33-20(8-9-21(28)29)26-14-4-6-16-15-5-3-13(25-19(27)7-10-22(30)34-2)11-17(15)23(31)24(32)18(16)12-14/h3-6,11-12H,7-10H2,1-2H3,(H,25,27)(H,28,29). The highest BCUT2D eigenvalue weighted by Gasteiger charge is 2.31. The molecule has 0 fully saturated rings. The molecule has 0 saturated carbocycles. The van der Waals surface area contributed by atoms with Crippen molar-refractivity contribution in [3.8, 4) is 11.1 Å². The summed E-state index contributed by atoms with van der Waals surface area (Å²) in [6, 6.07) is 9.40. The van der Waals surface area contributed by atoms with Gasteiger partial charge in [0.05, 0.1) is 32.7 Å². The summed E-state index contributed by atoms with van der Waals surface area (Å²) in [5.41, 5.74) is 2.05. The third-order valence-corrected chi connectivity index (χ3v) is 5.12. The van der Waals surface area contributed by atoms with Crippen LogP contribution in [0.25, 0.3) is 11.1 Å². The van der Waals surface area contributed by atoms with Crippen molar-refractivity contribution in [2.75, 3.05) is 19.5 Å². The first kappa shape index (κ1) is 24.3. The summed E-state index contributed by atoms with van der Waals surface area (Å²) in [7, 11) is 2.60. The molecule has 1 amide bonds. The van der Waals surface area contributed by atoms with Crippen molar-refractivity contribution in [3.63, 3.8) is 0 Å². The second kappa shape index (κ2) is 10.5. The van der Waals surface area contributed by atoms with E-state index < -0.39 is 29.4 Å². The number of ether oxygens (including phenoxy) is 2. The molecule has 3 rings (SSSR count). The fourth-order valence-corrected chi connectivity index (χ4v) is 3.42. The molecular weight excluding hydrogens is 444 g/mol. The van der Waals surface area contributed by atoms with Crippen LogP contribution in [0.2, 0.25) is 0 Å². The number of ketones is 2. The number of nitrogens with zero attached hydrogens (tertiary/aromatic N) is 1. The first-order valence-electron chi connectivity index (χ1n) is 10.3. The van der Waals surface area contributed by atoms with E-state index in [4.69, 9.17) is 9.84 Å². The van der Waals surface area contributed by atoms with Gasteiger partial charge in [0.15, 0.2) is 5.90 Å². The molecule has 2 aromatic carbocycles. The van der Waals surface area contributed by atoms with Gasteiger partial charge < -0.3 is 19.9 Å². The number of hydrogen-bond acceptors (Lipinski definition) is 8. The number of anilines is 1. The number of aliphatic carboxylic acids is 1. The minimum Gasteiger partial charge on any atom is -0.484 e. The molecular formula is C24H22N2O8. The van der Waals surface area contributed by atoms with Gasteiger partial charge in [0.25, 0.3) is 0 Å². The molecule has 0 aromatic heterocycles. The van der Waals surface area contributed by atoms with Crippen LogP contribution in [-0.4, -0.2) is 54.6 Å². The van der Waals surface area contributed by atoms with Gasteiger partial charge in [-0.15, -0.1) is 0 Å². The summed E-state index contributed by atoms with van der Waals surface area (Å²) in [5.74, 6) is -3.21. The third kappa shape index (κ3) is 5.52. The number of benzene rings is 2. The molecule has 2 N–H and O–H groups in total. The van der Waals surface area contributed by atoms with Crippen LogP contribution in [0.1, 0.15) is 46.4 Å². The molecule has 0 saturated heterocycles. The molecule has 0 unspecified atom stereocenters. The van der Waals surface area contributed by atoms with E-state index in [1.54, 1.807) is 24.3 Å². The van der Waals surface area contributed by atoms with Crippen molar-refractivity contribution in [1.82, 2.24) is 0 Å². The molecule has 1 aliphatic rings. The number of carbonyl (C=O) groups excluding carboxylic acids is 4. The zero-order chi connectivity index (χ0) is 24.8. The van der Waals surface area contributed by atoms with Gasteiger partial charge in [0.2, 0.25) is 17.5 Å². The highest BCUT2D eigenvalue weighted by molar-refractivity contribution is 6.53. The van der Waals surface area contributed by atoms with Crippen LogP contribution in [0.15, 0.2) is 41.4 Å². The van der Waals surface area contributed by atoms with Crippen LogP contribution < -0.4 is 5.32 Å². The lowest BCUT2D eigenvalue weighted by molar-refractivity contribution is -0.141. The Morgan fingerprint density at radius 2 is 1.47 bits per heavy atom. The average molecular weight is 466 g/mol. The van der Waals surface area contributed by atoms with Gasteiger partial charge in [-0.3, -0.25) is 24.0 Å². The van der Waals surface area contributed by atoms with Crippen molar-refractivity contribution in [3.05, 3.63) is 47.5 Å². The number of esters is 1. The van der Waals surface area contributed by atoms with Crippen LogP contribution in [0, 0.1) is 0 Å². The predicted molar refractivity (Wildman–Crippen MR) is 121 cm³/mol. The molecule has 0 heterocycles. The quantitative estimate of drug-likeness (QED) is 0.261. The number of fused-ring (bicyclic) bond motifs is 3. The Balaban J connectivity index is 1.87. The van der Waals surface area contributed by atoms with Crippen LogP contribution in [-0.2, 0) is 23.9 Å². The molecule has 0 aliphatic heterocycles. The smallest absolute Gasteiger partial charge is 0.306 e. The zero-order valence-electron chi connectivity index (χ0n) is 18.5. The maximum absolute atomic E-state index is 12.8. The summed E-state index contributed by atoms with van der Waals surface area (Å²) < 4.78 is 9.61. The lowest BCUT2D eigenvalue weighted by Crippen LogP contribution is -2.22. The summed E-state index contributed by atoms with van der Waals surface area (Å²) in [5, 5.41) is 11.4. The number of methoxy groups -OCH3 is 2. The lowest BCUT2D eigenvalue weighted by Gasteiger charge is -2.19. The molecule has 10 heteroatoms. The van der Waals surface area contributed by atoms with Gasteiger partial charge in [-0.05, 0) is 35.4 Å². The lowest BCUT2D eigenvalue weighted by atomic mass is 9.83. The Bertz CT molecular complexity index is 1220. The summed E-state index contributed by atoms with van der Waals surface area (Å²) in [6.07, 6.45) is -0.251. The van der Waals surface area contributed by atoms with Crippen molar-refractivity contribution in [1.29, 1.82) is 0 Å². The second-order valence-electron chi connectivity index (χ2n) is 7.38. The number of Topliss-reactive ketones (excluding diaryl/α,β-unsaturated/α-hetero) is 2. The summed E-state index contributed by atoms with van der Waals surface area (Å²) in [6.45, 7) is 0. The van der Waals surface area contributed by atoms with Crippen LogP contribution >= 0.6 is 0 Å². The van der Waals surface area contributed by atoms with Gasteiger partial charge in [-0.1, -0.05) is 12.1 Å². The topological polar surface area (TPSA) is 148 Å². The van der Waals surface area contributed by atoms with Gasteiger partial charge in [-0.25, -0.2) is 4.99 Å². The number of carboxylic acids is 1. The summed E-state index contributed by atoms with van der Waals surface area (Å²) in [4.78, 5) is 63.9. The molecule has 34 heavy (non-hydrogen) atoms. The first-order chi connectivity index (χ1) is 16.2. The van der Waals surface area contributed by atoms with Crippen LogP contribution in [0.3, 0.4) is 0 Å². The molecule has 176 valence electrons. The van der Waals surface area contributed by atoms with E-state index in [1.807, 2.05) is 0 Å². The fraction of sp³-hybridized carbons (Fsp3) is 0.250. The molecule has 2 aromatic rings. The Hall–Kier alpha value is -4.34. The summed E-state index contributed by atoms with van der Waals surface area (Å²) >= 11 is 0. The fourth-order valence-electron chi connectivity index (χ4n) is 3.42. The van der Waals surface area contributed by atoms with Gasteiger partial charge in [0.1, 0.15) is 0 Å². The average Bonchev–Trinajstić information content (AvgIpc) is 2.83. The molecule has 0 radical (unpaired) electrons. The normalized spacial score (nSPS) is 12.5. The van der Waals surface area contributed by atoms with E-state index in [2.05, 4.69) is 15.0 Å². The van der Waals surface area contributed by atoms with E-state index in [-0.39, 0.29) is 42.7 Å². The number of rotatable bonds is 8. The van der Waals surface area contributed by atoms with Gasteiger partial charge in [0, 0.05) is 29.7 Å². The third-order valence-electron chi connectivity index (χ3n) is 5.12. The number of amides is 1. The van der Waals surface area contributed by atoms with E-state index in [1.165, 1.54) is 26.4 Å². The number of carboxylic acid groups (broad SMARTS) is 1. The SMILES string of the molecule is COC(=O)CCC(=O)Nc1ccc2c(c1)C(=O)C(=O)c1cc(N=C(CCC(=O)O)OC)ccc1-2. The van der Waals surface area contributed by atoms with Crippen molar-refractivity contribution in [2.45, 2.75) is 25.7 Å². The Morgan fingerprint density at radius 1 is 0.824 bits per heavy atom. The van der Waals surface area contributed by atoms with Crippen LogP contribution in [0.4, 0.5) is 11.4 Å². The minimum absolute atomic E-state index is 0.0761. The number of carbonyl (C=O) groups is 5. The molecule has 1 aliphatic carbocycles. The van der Waals surface area contributed by atoms with Gasteiger partial charge in [-0.2, -0.15) is 0 Å². The second-order valence-corrected chi connectivity index (χ2v) is 7.38. The minimum atomic E-state index is -0.994. The van der Waals surface area contributed by atoms with E-state index in [0.29, 0.717) is 22.5 Å². The monoisotopic (exact) mass is 466 g/mol. The largest absolute Gasteiger partial charge is 0.484 e. The molecule has 0 atom stereocenters. The maximum Gasteiger partial charge on any atom is 0.306 e. The molecule has 0 spiro atoms. The Labute approximate surface area is 194 Å². The van der Waals surface area contributed by atoms with Crippen molar-refractivity contribution in [2.24, 2.45) is 4.99 Å². The number of aliphatic imine (C=N–C) groups is 1. The maximum atomic E-state index is 12.8. The first-order valence-corrected chi connectivity index (χ1v) is 10.3. The predicted octanol–water partition coefficient (Wildman–Crippen LogP) is 3.17. The van der Waals surface area contributed by atoms with E-state index in [0.717, 1.165) is 0 Å². The highest BCUT2D eigenvalue weighted by Crippen LogP contribution is 2.37. The number of hydrogen-bond donors (Lipinski definition) is 2. The van der Waals surface area contributed by atoms with Crippen LogP contribution in [0.5, 0.6) is 0 Å². The van der Waals surface area contributed by atoms with Crippen molar-refractivity contribution < 1.29 is 38.6 Å². The molecule has 0 bridgehead atoms. The van der Waals surface area contributed by atoms with Crippen molar-refractivity contribution >= 4 is 46.7 Å². The Morgan fingerprint density at radius 3 is 2.09 bits per heavy atom. The van der Waals surface area contributed by atoms with Gasteiger partial charge >= 0.3 is 11.9 Å².